The number of carbonyl (C=O) groups is 1. The summed E-state index contributed by atoms with van der Waals surface area (Å²) in [5, 5.41) is 11.0. The van der Waals surface area contributed by atoms with Crippen molar-refractivity contribution in [3.05, 3.63) is 58.5 Å². The molecule has 0 saturated heterocycles. The summed E-state index contributed by atoms with van der Waals surface area (Å²) in [7, 11) is 2.91. The Morgan fingerprint density at radius 3 is 2.41 bits per heavy atom. The smallest absolute Gasteiger partial charge is 0.337 e. The van der Waals surface area contributed by atoms with E-state index < -0.39 is 5.97 Å². The first-order chi connectivity index (χ1) is 13.0. The van der Waals surface area contributed by atoms with Gasteiger partial charge in [0.2, 0.25) is 0 Å². The highest BCUT2D eigenvalue weighted by molar-refractivity contribution is 7.13. The van der Waals surface area contributed by atoms with Gasteiger partial charge in [0.1, 0.15) is 0 Å². The zero-order valence-corrected chi connectivity index (χ0v) is 15.2. The lowest BCUT2D eigenvalue weighted by Gasteiger charge is -2.12. The molecule has 0 unspecified atom stereocenters. The Bertz CT molecular complexity index is 1260. The third-order valence-corrected chi connectivity index (χ3v) is 5.16. The fraction of sp³-hybridized carbons (Fsp3) is 0.105. The zero-order chi connectivity index (χ0) is 19.1. The van der Waals surface area contributed by atoms with E-state index in [2.05, 4.69) is 4.37 Å². The summed E-state index contributed by atoms with van der Waals surface area (Å²) in [4.78, 5) is 25.0. The molecule has 1 N–H and O–H groups in total. The maximum atomic E-state index is 13.2. The van der Waals surface area contributed by atoms with Crippen LogP contribution in [-0.4, -0.2) is 34.2 Å². The quantitative estimate of drug-likeness (QED) is 0.582. The van der Waals surface area contributed by atoms with Crippen molar-refractivity contribution < 1.29 is 19.4 Å². The van der Waals surface area contributed by atoms with Gasteiger partial charge in [-0.1, -0.05) is 12.1 Å². The molecule has 7 nitrogen and oxygen atoms in total. The van der Waals surface area contributed by atoms with Gasteiger partial charge >= 0.3 is 5.97 Å². The molecule has 0 aliphatic carbocycles. The van der Waals surface area contributed by atoms with Crippen LogP contribution >= 0.6 is 11.5 Å². The van der Waals surface area contributed by atoms with Crippen LogP contribution in [0.3, 0.4) is 0 Å². The van der Waals surface area contributed by atoms with Crippen molar-refractivity contribution in [2.45, 2.75) is 0 Å². The second-order valence-electron chi connectivity index (χ2n) is 5.78. The molecule has 0 saturated carbocycles. The Labute approximate surface area is 157 Å². The van der Waals surface area contributed by atoms with Gasteiger partial charge < -0.3 is 14.6 Å². The first-order valence-corrected chi connectivity index (χ1v) is 8.72. The van der Waals surface area contributed by atoms with E-state index in [1.807, 2.05) is 24.3 Å². The average molecular weight is 382 g/mol. The Balaban J connectivity index is 2.12. The Morgan fingerprint density at radius 2 is 1.74 bits per heavy atom. The number of fused-ring (bicyclic) bond motifs is 2. The molecular formula is C19H14N2O5S. The van der Waals surface area contributed by atoms with Crippen molar-refractivity contribution >= 4 is 38.4 Å². The minimum Gasteiger partial charge on any atom is -0.493 e. The molecular weight excluding hydrogens is 368 g/mol. The van der Waals surface area contributed by atoms with Gasteiger partial charge in [0, 0.05) is 17.0 Å². The van der Waals surface area contributed by atoms with E-state index in [-0.39, 0.29) is 21.9 Å². The van der Waals surface area contributed by atoms with E-state index in [4.69, 9.17) is 9.47 Å². The van der Waals surface area contributed by atoms with Crippen LogP contribution in [0.4, 0.5) is 0 Å². The summed E-state index contributed by atoms with van der Waals surface area (Å²) < 4.78 is 17.1. The summed E-state index contributed by atoms with van der Waals surface area (Å²) in [6.07, 6.45) is 1.31. The molecule has 136 valence electrons. The van der Waals surface area contributed by atoms with Gasteiger partial charge in [-0.25, -0.2) is 4.79 Å². The van der Waals surface area contributed by atoms with E-state index >= 15 is 0 Å². The molecule has 0 spiro atoms. The number of nitrogens with zero attached hydrogens (tertiary/aromatic N) is 2. The van der Waals surface area contributed by atoms with E-state index in [9.17, 15) is 14.7 Å². The highest BCUT2D eigenvalue weighted by atomic mass is 32.1. The molecule has 2 aromatic carbocycles. The lowest BCUT2D eigenvalue weighted by molar-refractivity contribution is 0.0698. The highest BCUT2D eigenvalue weighted by Crippen LogP contribution is 2.33. The van der Waals surface area contributed by atoms with Gasteiger partial charge in [0.15, 0.2) is 17.3 Å². The Hall–Kier alpha value is -3.39. The van der Waals surface area contributed by atoms with Gasteiger partial charge in [0.05, 0.1) is 29.9 Å². The molecule has 4 rings (SSSR count). The SMILES string of the molecule is COc1cc2c(C(=O)O)cn(-c3nsc4ccccc34)c(=O)c2cc1OC. The second-order valence-corrected chi connectivity index (χ2v) is 6.58. The van der Waals surface area contributed by atoms with Crippen LogP contribution < -0.4 is 15.0 Å². The summed E-state index contributed by atoms with van der Waals surface area (Å²) in [6.45, 7) is 0. The molecule has 2 heterocycles. The number of benzene rings is 2. The molecule has 0 aliphatic rings. The van der Waals surface area contributed by atoms with Crippen molar-refractivity contribution in [2.75, 3.05) is 14.2 Å². The van der Waals surface area contributed by atoms with Crippen molar-refractivity contribution in [3.63, 3.8) is 0 Å². The van der Waals surface area contributed by atoms with Crippen molar-refractivity contribution in [1.82, 2.24) is 8.94 Å². The number of carboxylic acid groups (broad SMARTS) is 1. The first-order valence-electron chi connectivity index (χ1n) is 7.94. The van der Waals surface area contributed by atoms with Gasteiger partial charge in [-0.15, -0.1) is 0 Å². The molecule has 0 fully saturated rings. The minimum atomic E-state index is -1.15. The van der Waals surface area contributed by atoms with Gasteiger partial charge in [-0.2, -0.15) is 4.37 Å². The minimum absolute atomic E-state index is 0.0253. The van der Waals surface area contributed by atoms with E-state index in [0.29, 0.717) is 17.3 Å². The van der Waals surface area contributed by atoms with Crippen LogP contribution in [0.2, 0.25) is 0 Å². The lowest BCUT2D eigenvalue weighted by atomic mass is 10.1. The van der Waals surface area contributed by atoms with Crippen LogP contribution in [0, 0.1) is 0 Å². The fourth-order valence-corrected chi connectivity index (χ4v) is 3.81. The second kappa shape index (κ2) is 6.40. The van der Waals surface area contributed by atoms with Gasteiger partial charge in [-0.05, 0) is 35.8 Å². The number of aromatic nitrogens is 2. The first kappa shape index (κ1) is 17.0. The number of methoxy groups -OCH3 is 2. The lowest BCUT2D eigenvalue weighted by Crippen LogP contribution is -2.21. The maximum Gasteiger partial charge on any atom is 0.337 e. The fourth-order valence-electron chi connectivity index (χ4n) is 3.04. The number of rotatable bonds is 4. The highest BCUT2D eigenvalue weighted by Gasteiger charge is 2.20. The van der Waals surface area contributed by atoms with Crippen LogP contribution in [0.15, 0.2) is 47.4 Å². The van der Waals surface area contributed by atoms with Crippen LogP contribution in [0.1, 0.15) is 10.4 Å². The molecule has 0 radical (unpaired) electrons. The summed E-state index contributed by atoms with van der Waals surface area (Å²) in [5.74, 6) is -0.0524. The van der Waals surface area contributed by atoms with Gasteiger partial charge in [-0.3, -0.25) is 9.36 Å². The Kier molecular flexibility index (Phi) is 4.04. The maximum absolute atomic E-state index is 13.2. The summed E-state index contributed by atoms with van der Waals surface area (Å²) >= 11 is 1.25. The number of ether oxygens (including phenoxy) is 2. The van der Waals surface area contributed by atoms with Crippen LogP contribution in [-0.2, 0) is 0 Å². The molecule has 0 aliphatic heterocycles. The van der Waals surface area contributed by atoms with Crippen molar-refractivity contribution in [2.24, 2.45) is 0 Å². The third kappa shape index (κ3) is 2.61. The van der Waals surface area contributed by atoms with Crippen LogP contribution in [0.25, 0.3) is 26.7 Å². The average Bonchev–Trinajstić information content (AvgIpc) is 3.11. The zero-order valence-electron chi connectivity index (χ0n) is 14.4. The number of hydrogen-bond acceptors (Lipinski definition) is 6. The molecule has 4 aromatic rings. The standard InChI is InChI=1S/C19H14N2O5S/c1-25-14-7-11-12(8-15(14)26-2)18(22)21(9-13(11)19(23)24)17-10-5-3-4-6-16(10)27-20-17/h3-9H,1-2H3,(H,23,24). The molecule has 2 aromatic heterocycles. The molecule has 0 bridgehead atoms. The number of carboxylic acids is 1. The summed E-state index contributed by atoms with van der Waals surface area (Å²) in [5.41, 5.74) is -0.408. The predicted molar refractivity (Wildman–Crippen MR) is 103 cm³/mol. The molecule has 27 heavy (non-hydrogen) atoms. The predicted octanol–water partition coefficient (Wildman–Crippen LogP) is 3.32. The largest absolute Gasteiger partial charge is 0.493 e. The van der Waals surface area contributed by atoms with Gasteiger partial charge in [0.25, 0.3) is 5.56 Å². The van der Waals surface area contributed by atoms with E-state index in [0.717, 1.165) is 10.1 Å². The molecule has 0 amide bonds. The number of pyridine rings is 1. The van der Waals surface area contributed by atoms with Crippen molar-refractivity contribution in [3.8, 4) is 17.3 Å². The molecule has 8 heteroatoms. The normalized spacial score (nSPS) is 11.0. The topological polar surface area (TPSA) is 90.6 Å². The monoisotopic (exact) mass is 382 g/mol. The Morgan fingerprint density at radius 1 is 1.07 bits per heavy atom. The van der Waals surface area contributed by atoms with E-state index in [1.165, 1.54) is 48.6 Å². The van der Waals surface area contributed by atoms with Crippen molar-refractivity contribution in [1.29, 1.82) is 0 Å². The summed E-state index contributed by atoms with van der Waals surface area (Å²) in [6, 6.07) is 10.5. The number of aromatic carboxylic acids is 1. The number of hydrogen-bond donors (Lipinski definition) is 1. The van der Waals surface area contributed by atoms with Crippen LogP contribution in [0.5, 0.6) is 11.5 Å². The molecule has 0 atom stereocenters. The third-order valence-electron chi connectivity index (χ3n) is 4.34. The van der Waals surface area contributed by atoms with E-state index in [1.54, 1.807) is 0 Å².